The molecule has 8 heteroatoms. The van der Waals surface area contributed by atoms with Gasteiger partial charge in [-0.15, -0.1) is 0 Å². The lowest BCUT2D eigenvalue weighted by Gasteiger charge is -2.15. The first kappa shape index (κ1) is 32.6. The highest BCUT2D eigenvalue weighted by molar-refractivity contribution is 5.88. The average Bonchev–Trinajstić information content (AvgIpc) is 2.98. The van der Waals surface area contributed by atoms with Crippen LogP contribution >= 0.6 is 0 Å². The van der Waals surface area contributed by atoms with Gasteiger partial charge in [-0.2, -0.15) is 0 Å². The summed E-state index contributed by atoms with van der Waals surface area (Å²) >= 11 is 0. The Balaban J connectivity index is 2.20. The van der Waals surface area contributed by atoms with Crippen LogP contribution in [-0.2, 0) is 32.1 Å². The number of carbonyl (C=O) groups excluding carboxylic acids is 2. The van der Waals surface area contributed by atoms with E-state index < -0.39 is 31.9 Å². The molecule has 0 radical (unpaired) electrons. The van der Waals surface area contributed by atoms with Gasteiger partial charge in [0.2, 0.25) is 6.79 Å². The summed E-state index contributed by atoms with van der Waals surface area (Å²) in [6.07, 6.45) is 10.7. The summed E-state index contributed by atoms with van der Waals surface area (Å²) < 4.78 is 10.6. The number of aliphatic hydroxyl groups excluding tert-OH is 2. The van der Waals surface area contributed by atoms with Gasteiger partial charge in [-0.1, -0.05) is 83.7 Å². The maximum absolute atomic E-state index is 11.9. The lowest BCUT2D eigenvalue weighted by molar-refractivity contribution is -0.209. The van der Waals surface area contributed by atoms with Gasteiger partial charge < -0.3 is 19.7 Å². The number of aliphatic hydroxyl groups is 2. The van der Waals surface area contributed by atoms with Crippen LogP contribution in [-0.4, -0.2) is 42.2 Å². The van der Waals surface area contributed by atoms with Crippen LogP contribution in [0, 0.1) is 0 Å². The standard InChI is InChI=1S/C32H42O8/c1-5-7-8-9-10-11-12-13-25-14-15-30(26(6-2)16-25)27-17-28(37-22-38-31(35)23(3)20-33)19-29(18-27)39-40-32(36)24(4)21-34/h14-19,33-34H,3-13,20-22H2,1-2H3. The van der Waals surface area contributed by atoms with Crippen LogP contribution in [0.1, 0.15) is 69.9 Å². The SMILES string of the molecule is C=C(CO)C(=O)OCOc1cc(OOC(=O)C(=C)CO)cc(-c2ccc(CCCCCCCCC)cc2CC)c1. The van der Waals surface area contributed by atoms with Crippen LogP contribution in [0.15, 0.2) is 60.7 Å². The van der Waals surface area contributed by atoms with Crippen LogP contribution in [0.2, 0.25) is 0 Å². The fourth-order valence-corrected chi connectivity index (χ4v) is 4.05. The Bertz CT molecular complexity index is 1140. The van der Waals surface area contributed by atoms with Crippen molar-refractivity contribution in [2.75, 3.05) is 20.0 Å². The molecule has 0 unspecified atom stereocenters. The number of hydrogen-bond acceptors (Lipinski definition) is 8. The number of esters is 1. The number of ether oxygens (including phenoxy) is 2. The predicted molar refractivity (Wildman–Crippen MR) is 154 cm³/mol. The van der Waals surface area contributed by atoms with E-state index in [-0.39, 0.29) is 16.9 Å². The lowest BCUT2D eigenvalue weighted by atomic mass is 9.94. The maximum atomic E-state index is 11.9. The average molecular weight is 555 g/mol. The molecule has 0 saturated heterocycles. The first-order valence-electron chi connectivity index (χ1n) is 13.9. The van der Waals surface area contributed by atoms with E-state index in [4.69, 9.17) is 29.5 Å². The second-order valence-electron chi connectivity index (χ2n) is 9.58. The molecule has 2 N–H and O–H groups in total. The van der Waals surface area contributed by atoms with Crippen LogP contribution in [0.25, 0.3) is 11.1 Å². The van der Waals surface area contributed by atoms with Gasteiger partial charge in [-0.25, -0.2) is 14.5 Å². The Morgan fingerprint density at radius 1 is 0.800 bits per heavy atom. The molecule has 0 aliphatic rings. The van der Waals surface area contributed by atoms with Crippen LogP contribution in [0.4, 0.5) is 0 Å². The molecule has 0 fully saturated rings. The minimum atomic E-state index is -0.907. The van der Waals surface area contributed by atoms with Gasteiger partial charge in [0.15, 0.2) is 5.75 Å². The third kappa shape index (κ3) is 10.9. The number of hydrogen-bond donors (Lipinski definition) is 2. The van der Waals surface area contributed by atoms with Crippen molar-refractivity contribution in [2.24, 2.45) is 0 Å². The summed E-state index contributed by atoms with van der Waals surface area (Å²) in [6, 6.07) is 11.3. The fraction of sp³-hybridized carbons (Fsp3) is 0.438. The Morgan fingerprint density at radius 2 is 1.45 bits per heavy atom. The second kappa shape index (κ2) is 17.9. The summed E-state index contributed by atoms with van der Waals surface area (Å²) in [5.74, 6) is -1.24. The van der Waals surface area contributed by atoms with E-state index in [1.165, 1.54) is 50.2 Å². The van der Waals surface area contributed by atoms with Crippen LogP contribution < -0.4 is 9.62 Å². The van der Waals surface area contributed by atoms with Gasteiger partial charge in [0, 0.05) is 6.07 Å². The zero-order chi connectivity index (χ0) is 29.3. The molecule has 8 nitrogen and oxygen atoms in total. The minimum Gasteiger partial charge on any atom is -0.457 e. The Kier molecular flexibility index (Phi) is 14.6. The number of carbonyl (C=O) groups is 2. The molecule has 218 valence electrons. The predicted octanol–water partition coefficient (Wildman–Crippen LogP) is 6.02. The third-order valence-corrected chi connectivity index (χ3v) is 6.40. The number of aryl methyl sites for hydroxylation is 2. The third-order valence-electron chi connectivity index (χ3n) is 6.40. The first-order valence-corrected chi connectivity index (χ1v) is 13.9. The molecule has 0 bridgehead atoms. The summed E-state index contributed by atoms with van der Waals surface area (Å²) in [7, 11) is 0. The molecule has 2 aromatic carbocycles. The highest BCUT2D eigenvalue weighted by Gasteiger charge is 2.14. The van der Waals surface area contributed by atoms with Crippen molar-refractivity contribution < 1.29 is 39.1 Å². The number of unbranched alkanes of at least 4 members (excludes halogenated alkanes) is 6. The van der Waals surface area contributed by atoms with Gasteiger partial charge in [0.05, 0.1) is 24.4 Å². The zero-order valence-electron chi connectivity index (χ0n) is 23.7. The molecule has 40 heavy (non-hydrogen) atoms. The van der Waals surface area contributed by atoms with Crippen molar-refractivity contribution in [1.82, 2.24) is 0 Å². The van der Waals surface area contributed by atoms with Crippen molar-refractivity contribution in [2.45, 2.75) is 71.6 Å². The van der Waals surface area contributed by atoms with Gasteiger partial charge in [0.25, 0.3) is 0 Å². The largest absolute Gasteiger partial charge is 0.457 e. The molecule has 0 aliphatic carbocycles. The van der Waals surface area contributed by atoms with Crippen LogP contribution in [0.5, 0.6) is 11.5 Å². The highest BCUT2D eigenvalue weighted by Crippen LogP contribution is 2.33. The van der Waals surface area contributed by atoms with Crippen molar-refractivity contribution in [3.05, 3.63) is 71.8 Å². The van der Waals surface area contributed by atoms with Crippen molar-refractivity contribution >= 4 is 11.9 Å². The van der Waals surface area contributed by atoms with Gasteiger partial charge in [-0.3, -0.25) is 4.89 Å². The molecular formula is C32H42O8. The quantitative estimate of drug-likeness (QED) is 0.0541. The molecule has 0 heterocycles. The Morgan fingerprint density at radius 3 is 2.12 bits per heavy atom. The smallest absolute Gasteiger partial charge is 0.383 e. The maximum Gasteiger partial charge on any atom is 0.383 e. The normalized spacial score (nSPS) is 10.6. The van der Waals surface area contributed by atoms with E-state index >= 15 is 0 Å². The van der Waals surface area contributed by atoms with E-state index in [0.29, 0.717) is 5.75 Å². The number of benzene rings is 2. The molecule has 0 amide bonds. The highest BCUT2D eigenvalue weighted by atomic mass is 17.2. The Labute approximate surface area is 237 Å². The van der Waals surface area contributed by atoms with Gasteiger partial charge in [0.1, 0.15) is 5.75 Å². The van der Waals surface area contributed by atoms with E-state index in [9.17, 15) is 9.59 Å². The summed E-state index contributed by atoms with van der Waals surface area (Å²) in [5.41, 5.74) is 3.87. The lowest BCUT2D eigenvalue weighted by Crippen LogP contribution is -2.14. The monoisotopic (exact) mass is 554 g/mol. The van der Waals surface area contributed by atoms with Crippen molar-refractivity contribution in [1.29, 1.82) is 0 Å². The topological polar surface area (TPSA) is 112 Å². The van der Waals surface area contributed by atoms with Crippen LogP contribution in [0.3, 0.4) is 0 Å². The molecule has 0 spiro atoms. The summed E-state index contributed by atoms with van der Waals surface area (Å²) in [4.78, 5) is 33.7. The summed E-state index contributed by atoms with van der Waals surface area (Å²) in [5, 5.41) is 18.1. The molecule has 2 aromatic rings. The summed E-state index contributed by atoms with van der Waals surface area (Å²) in [6.45, 7) is 9.64. The van der Waals surface area contributed by atoms with E-state index in [2.05, 4.69) is 45.2 Å². The molecule has 0 atom stereocenters. The molecule has 0 aliphatic heterocycles. The first-order chi connectivity index (χ1) is 19.3. The molecule has 0 aromatic heterocycles. The van der Waals surface area contributed by atoms with Crippen molar-refractivity contribution in [3.8, 4) is 22.6 Å². The molecular weight excluding hydrogens is 512 g/mol. The molecule has 0 saturated carbocycles. The van der Waals surface area contributed by atoms with Crippen molar-refractivity contribution in [3.63, 3.8) is 0 Å². The molecule has 2 rings (SSSR count). The van der Waals surface area contributed by atoms with E-state index in [0.717, 1.165) is 36.0 Å². The van der Waals surface area contributed by atoms with E-state index in [1.807, 2.05) is 0 Å². The Hall–Kier alpha value is -3.62. The minimum absolute atomic E-state index is 0.0958. The fourth-order valence-electron chi connectivity index (χ4n) is 4.05. The van der Waals surface area contributed by atoms with Gasteiger partial charge in [-0.05, 0) is 53.6 Å². The number of rotatable bonds is 19. The van der Waals surface area contributed by atoms with E-state index in [1.54, 1.807) is 12.1 Å². The zero-order valence-corrected chi connectivity index (χ0v) is 23.7. The second-order valence-corrected chi connectivity index (χ2v) is 9.58. The van der Waals surface area contributed by atoms with Gasteiger partial charge >= 0.3 is 11.9 Å².